The maximum absolute atomic E-state index is 12.6. The smallest absolute Gasteiger partial charge is 0.233 e. The molecule has 3 aromatic rings. The Morgan fingerprint density at radius 3 is 2.87 bits per heavy atom. The molecule has 0 bridgehead atoms. The highest BCUT2D eigenvalue weighted by molar-refractivity contribution is 8.00. The SMILES string of the molecule is C[C@H](Sc1nnc(-c2ccc(Cl)cc2)n1Cc1ccco1)C(=O)NC[C@@H]1CCCO1. The molecule has 1 aliphatic heterocycles. The van der Waals surface area contributed by atoms with E-state index in [-0.39, 0.29) is 17.3 Å². The molecule has 30 heavy (non-hydrogen) atoms. The van der Waals surface area contributed by atoms with E-state index < -0.39 is 0 Å². The van der Waals surface area contributed by atoms with E-state index in [0.29, 0.717) is 29.1 Å². The van der Waals surface area contributed by atoms with Gasteiger partial charge in [0.25, 0.3) is 0 Å². The number of rotatable bonds is 8. The van der Waals surface area contributed by atoms with Gasteiger partial charge in [0.15, 0.2) is 11.0 Å². The van der Waals surface area contributed by atoms with Crippen LogP contribution in [0.15, 0.2) is 52.2 Å². The number of aromatic nitrogens is 3. The topological polar surface area (TPSA) is 82.2 Å². The molecule has 1 aromatic carbocycles. The van der Waals surface area contributed by atoms with Crippen molar-refractivity contribution in [3.05, 3.63) is 53.4 Å². The van der Waals surface area contributed by atoms with E-state index in [4.69, 9.17) is 20.8 Å². The first kappa shape index (κ1) is 21.0. The summed E-state index contributed by atoms with van der Waals surface area (Å²) in [5.41, 5.74) is 0.890. The number of hydrogen-bond acceptors (Lipinski definition) is 6. The predicted molar refractivity (Wildman–Crippen MR) is 116 cm³/mol. The van der Waals surface area contributed by atoms with Gasteiger partial charge < -0.3 is 14.5 Å². The van der Waals surface area contributed by atoms with Gasteiger partial charge in [-0.2, -0.15) is 0 Å². The summed E-state index contributed by atoms with van der Waals surface area (Å²) in [5, 5.41) is 12.7. The highest BCUT2D eigenvalue weighted by atomic mass is 35.5. The van der Waals surface area contributed by atoms with Crippen LogP contribution in [-0.2, 0) is 16.1 Å². The fourth-order valence-electron chi connectivity index (χ4n) is 3.26. The summed E-state index contributed by atoms with van der Waals surface area (Å²) >= 11 is 7.39. The van der Waals surface area contributed by atoms with Crippen LogP contribution in [0.5, 0.6) is 0 Å². The summed E-state index contributed by atoms with van der Waals surface area (Å²) < 4.78 is 13.0. The zero-order valence-electron chi connectivity index (χ0n) is 16.6. The lowest BCUT2D eigenvalue weighted by Gasteiger charge is -2.15. The first-order chi connectivity index (χ1) is 14.6. The Labute approximate surface area is 184 Å². The van der Waals surface area contributed by atoms with E-state index in [1.807, 2.05) is 47.9 Å². The molecule has 0 aliphatic carbocycles. The summed E-state index contributed by atoms with van der Waals surface area (Å²) in [5.74, 6) is 1.43. The first-order valence-electron chi connectivity index (χ1n) is 9.87. The molecule has 3 heterocycles. The van der Waals surface area contributed by atoms with Crippen molar-refractivity contribution in [3.63, 3.8) is 0 Å². The number of ether oxygens (including phenoxy) is 1. The molecule has 1 aliphatic rings. The van der Waals surface area contributed by atoms with Gasteiger partial charge in [0.05, 0.1) is 24.2 Å². The van der Waals surface area contributed by atoms with Gasteiger partial charge in [0.1, 0.15) is 5.76 Å². The van der Waals surface area contributed by atoms with E-state index in [2.05, 4.69) is 15.5 Å². The molecule has 1 N–H and O–H groups in total. The number of hydrogen-bond donors (Lipinski definition) is 1. The van der Waals surface area contributed by atoms with Crippen molar-refractivity contribution < 1.29 is 13.9 Å². The normalized spacial score (nSPS) is 17.2. The van der Waals surface area contributed by atoms with Crippen molar-refractivity contribution in [2.24, 2.45) is 0 Å². The summed E-state index contributed by atoms with van der Waals surface area (Å²) in [7, 11) is 0. The number of benzene rings is 1. The minimum atomic E-state index is -0.330. The summed E-state index contributed by atoms with van der Waals surface area (Å²) in [6, 6.07) is 11.2. The van der Waals surface area contributed by atoms with E-state index in [1.54, 1.807) is 6.26 Å². The lowest BCUT2D eigenvalue weighted by atomic mass is 10.2. The number of furan rings is 1. The quantitative estimate of drug-likeness (QED) is 0.526. The lowest BCUT2D eigenvalue weighted by molar-refractivity contribution is -0.120. The van der Waals surface area contributed by atoms with Gasteiger partial charge in [0.2, 0.25) is 5.91 Å². The largest absolute Gasteiger partial charge is 0.467 e. The van der Waals surface area contributed by atoms with Crippen LogP contribution >= 0.6 is 23.4 Å². The maximum atomic E-state index is 12.6. The second-order valence-electron chi connectivity index (χ2n) is 7.12. The van der Waals surface area contributed by atoms with Crippen molar-refractivity contribution in [3.8, 4) is 11.4 Å². The molecule has 0 spiro atoms. The van der Waals surface area contributed by atoms with Crippen molar-refractivity contribution in [1.82, 2.24) is 20.1 Å². The number of amides is 1. The Hall–Kier alpha value is -2.29. The van der Waals surface area contributed by atoms with E-state index in [0.717, 1.165) is 30.8 Å². The molecule has 4 rings (SSSR count). The van der Waals surface area contributed by atoms with Crippen LogP contribution in [0, 0.1) is 0 Å². The van der Waals surface area contributed by atoms with Crippen molar-refractivity contribution in [1.29, 1.82) is 0 Å². The van der Waals surface area contributed by atoms with Gasteiger partial charge in [-0.25, -0.2) is 0 Å². The molecule has 0 unspecified atom stereocenters. The van der Waals surface area contributed by atoms with Crippen LogP contribution in [0.25, 0.3) is 11.4 Å². The van der Waals surface area contributed by atoms with Gasteiger partial charge in [-0.3, -0.25) is 9.36 Å². The van der Waals surface area contributed by atoms with Crippen LogP contribution in [0.2, 0.25) is 5.02 Å². The third kappa shape index (κ3) is 5.06. The third-order valence-electron chi connectivity index (χ3n) is 4.89. The fraction of sp³-hybridized carbons (Fsp3) is 0.381. The van der Waals surface area contributed by atoms with Gasteiger partial charge in [-0.1, -0.05) is 23.4 Å². The third-order valence-corrected chi connectivity index (χ3v) is 6.23. The number of nitrogens with one attached hydrogen (secondary N) is 1. The van der Waals surface area contributed by atoms with Gasteiger partial charge in [0, 0.05) is 23.7 Å². The molecule has 1 saturated heterocycles. The minimum Gasteiger partial charge on any atom is -0.467 e. The lowest BCUT2D eigenvalue weighted by Crippen LogP contribution is -2.36. The predicted octanol–water partition coefficient (Wildman–Crippen LogP) is 4.02. The minimum absolute atomic E-state index is 0.0453. The van der Waals surface area contributed by atoms with E-state index in [9.17, 15) is 4.79 Å². The maximum Gasteiger partial charge on any atom is 0.233 e. The number of thioether (sulfide) groups is 1. The zero-order chi connectivity index (χ0) is 20.9. The molecule has 7 nitrogen and oxygen atoms in total. The number of carbonyl (C=O) groups excluding carboxylic acids is 1. The molecular formula is C21H23ClN4O3S. The summed E-state index contributed by atoms with van der Waals surface area (Å²) in [6.45, 7) is 3.64. The molecule has 0 saturated carbocycles. The zero-order valence-corrected chi connectivity index (χ0v) is 18.2. The molecular weight excluding hydrogens is 424 g/mol. The molecule has 158 valence electrons. The molecule has 2 atom stereocenters. The Balaban J connectivity index is 1.51. The molecule has 2 aromatic heterocycles. The molecule has 1 amide bonds. The van der Waals surface area contributed by atoms with Crippen LogP contribution in [0.4, 0.5) is 0 Å². The van der Waals surface area contributed by atoms with E-state index in [1.165, 1.54) is 11.8 Å². The number of nitrogens with zero attached hydrogens (tertiary/aromatic N) is 3. The van der Waals surface area contributed by atoms with Crippen LogP contribution in [0.1, 0.15) is 25.5 Å². The van der Waals surface area contributed by atoms with Gasteiger partial charge in [-0.15, -0.1) is 10.2 Å². The number of carbonyl (C=O) groups is 1. The molecule has 9 heteroatoms. The molecule has 1 fully saturated rings. The van der Waals surface area contributed by atoms with Crippen LogP contribution in [0.3, 0.4) is 0 Å². The van der Waals surface area contributed by atoms with Gasteiger partial charge >= 0.3 is 0 Å². The van der Waals surface area contributed by atoms with Crippen molar-refractivity contribution in [2.45, 2.75) is 42.8 Å². The molecule has 0 radical (unpaired) electrons. The van der Waals surface area contributed by atoms with Crippen molar-refractivity contribution >= 4 is 29.3 Å². The van der Waals surface area contributed by atoms with Crippen LogP contribution < -0.4 is 5.32 Å². The Morgan fingerprint density at radius 1 is 1.33 bits per heavy atom. The Bertz CT molecular complexity index is 969. The monoisotopic (exact) mass is 446 g/mol. The highest BCUT2D eigenvalue weighted by Crippen LogP contribution is 2.28. The Kier molecular flexibility index (Phi) is 6.76. The average Bonchev–Trinajstić information content (AvgIpc) is 3.51. The fourth-order valence-corrected chi connectivity index (χ4v) is 4.26. The van der Waals surface area contributed by atoms with Crippen LogP contribution in [-0.4, -0.2) is 45.2 Å². The first-order valence-corrected chi connectivity index (χ1v) is 11.1. The second-order valence-corrected chi connectivity index (χ2v) is 8.86. The number of halogens is 1. The van der Waals surface area contributed by atoms with Crippen molar-refractivity contribution in [2.75, 3.05) is 13.2 Å². The average molecular weight is 447 g/mol. The standard InChI is InChI=1S/C21H23ClN4O3S/c1-14(20(27)23-12-17-4-2-10-28-17)30-21-25-24-19(15-6-8-16(22)9-7-15)26(21)13-18-5-3-11-29-18/h3,5-9,11,14,17H,2,4,10,12-13H2,1H3,(H,23,27)/t14-,17-/m0/s1. The summed E-state index contributed by atoms with van der Waals surface area (Å²) in [4.78, 5) is 12.6. The highest BCUT2D eigenvalue weighted by Gasteiger charge is 2.23. The second kappa shape index (κ2) is 9.68. The van der Waals surface area contributed by atoms with E-state index >= 15 is 0 Å². The Morgan fingerprint density at radius 2 is 2.17 bits per heavy atom. The summed E-state index contributed by atoms with van der Waals surface area (Å²) in [6.07, 6.45) is 3.79. The van der Waals surface area contributed by atoms with Gasteiger partial charge in [-0.05, 0) is 56.2 Å².